The fourth-order valence-corrected chi connectivity index (χ4v) is 3.41. The van der Waals surface area contributed by atoms with Gasteiger partial charge in [0.15, 0.2) is 5.17 Å². The summed E-state index contributed by atoms with van der Waals surface area (Å²) in [4.78, 5) is 25.8. The van der Waals surface area contributed by atoms with Gasteiger partial charge in [-0.1, -0.05) is 43.0 Å². The Labute approximate surface area is 163 Å². The van der Waals surface area contributed by atoms with Crippen molar-refractivity contribution in [1.82, 2.24) is 15.3 Å². The molecule has 1 aromatic carbocycles. The Balaban J connectivity index is 1.71. The molecule has 0 bridgehead atoms. The number of nitrogens with zero attached hydrogens (tertiary/aromatic N) is 3. The van der Waals surface area contributed by atoms with E-state index in [1.165, 1.54) is 18.0 Å². The summed E-state index contributed by atoms with van der Waals surface area (Å²) in [6.07, 6.45) is 8.34. The molecule has 2 atom stereocenters. The van der Waals surface area contributed by atoms with Crippen LogP contribution in [0.5, 0.6) is 0 Å². The van der Waals surface area contributed by atoms with Crippen molar-refractivity contribution in [2.24, 2.45) is 16.6 Å². The van der Waals surface area contributed by atoms with Gasteiger partial charge in [0.25, 0.3) is 5.91 Å². The molecule has 0 saturated heterocycles. The van der Waals surface area contributed by atoms with E-state index in [0.717, 1.165) is 23.4 Å². The number of carbonyl (C=O) groups excluding carboxylic acids is 1. The summed E-state index contributed by atoms with van der Waals surface area (Å²) in [5.41, 5.74) is 8.42. The smallest absolute Gasteiger partial charge is 0.275 e. The number of amidine groups is 1. The standard InChI is InChI=1S/C20H23N5OS/c1-3-27-20(21)23-13(2)14-7-6-8-15(11-14)24-19(26)18-12-22-16-9-4-5-10-17(16)25-18/h4-6,8-14H,3,7H2,1-2H3,(H2,21,23)(H,24,26). The fraction of sp³-hybridized carbons (Fsp3) is 0.300. The van der Waals surface area contributed by atoms with E-state index < -0.39 is 0 Å². The largest absolute Gasteiger partial charge is 0.379 e. The van der Waals surface area contributed by atoms with E-state index in [1.807, 2.05) is 56.3 Å². The van der Waals surface area contributed by atoms with Crippen LogP contribution >= 0.6 is 11.8 Å². The molecule has 1 amide bonds. The average molecular weight is 382 g/mol. The first-order valence-electron chi connectivity index (χ1n) is 8.94. The number of nitrogens with one attached hydrogen (secondary N) is 1. The molecule has 3 rings (SSSR count). The predicted molar refractivity (Wildman–Crippen MR) is 112 cm³/mol. The first-order chi connectivity index (χ1) is 13.1. The molecule has 1 aliphatic carbocycles. The lowest BCUT2D eigenvalue weighted by molar-refractivity contribution is 0.0962. The van der Waals surface area contributed by atoms with E-state index in [9.17, 15) is 4.79 Å². The molecule has 27 heavy (non-hydrogen) atoms. The van der Waals surface area contributed by atoms with Crippen molar-refractivity contribution in [2.45, 2.75) is 26.3 Å². The molecule has 0 saturated carbocycles. The third-order valence-corrected chi connectivity index (χ3v) is 4.97. The Morgan fingerprint density at radius 3 is 2.96 bits per heavy atom. The minimum absolute atomic E-state index is 0.0429. The molecule has 3 N–H and O–H groups in total. The highest BCUT2D eigenvalue weighted by atomic mass is 32.2. The molecule has 1 aliphatic rings. The maximum absolute atomic E-state index is 12.6. The van der Waals surface area contributed by atoms with E-state index in [0.29, 0.717) is 16.4 Å². The van der Waals surface area contributed by atoms with Gasteiger partial charge in [0.05, 0.1) is 23.3 Å². The predicted octanol–water partition coefficient (Wildman–Crippen LogP) is 3.28. The number of benzene rings is 1. The second-order valence-corrected chi connectivity index (χ2v) is 7.55. The van der Waals surface area contributed by atoms with Gasteiger partial charge >= 0.3 is 0 Å². The van der Waals surface area contributed by atoms with E-state index in [1.54, 1.807) is 0 Å². The molecule has 2 aromatic rings. The Bertz CT molecular complexity index is 921. The molecule has 0 radical (unpaired) electrons. The van der Waals surface area contributed by atoms with Gasteiger partial charge in [-0.15, -0.1) is 0 Å². The first-order valence-corrected chi connectivity index (χ1v) is 9.93. The van der Waals surface area contributed by atoms with Crippen molar-refractivity contribution < 1.29 is 4.79 Å². The number of nitrogens with two attached hydrogens (primary N) is 1. The first kappa shape index (κ1) is 19.1. The molecule has 7 heteroatoms. The van der Waals surface area contributed by atoms with Gasteiger partial charge < -0.3 is 11.1 Å². The lowest BCUT2D eigenvalue weighted by Crippen LogP contribution is -2.26. The second kappa shape index (κ2) is 8.81. The van der Waals surface area contributed by atoms with Crippen LogP contribution in [0.3, 0.4) is 0 Å². The zero-order valence-electron chi connectivity index (χ0n) is 15.4. The summed E-state index contributed by atoms with van der Waals surface area (Å²) in [6.45, 7) is 4.09. The Morgan fingerprint density at radius 2 is 2.19 bits per heavy atom. The maximum Gasteiger partial charge on any atom is 0.275 e. The summed E-state index contributed by atoms with van der Waals surface area (Å²) in [6, 6.07) is 7.52. The van der Waals surface area contributed by atoms with Gasteiger partial charge in [-0.3, -0.25) is 14.8 Å². The molecular formula is C20H23N5OS. The van der Waals surface area contributed by atoms with Crippen molar-refractivity contribution in [3.05, 3.63) is 60.1 Å². The second-order valence-electron chi connectivity index (χ2n) is 6.26. The molecular weight excluding hydrogens is 358 g/mol. The van der Waals surface area contributed by atoms with Crippen LogP contribution in [0, 0.1) is 5.92 Å². The minimum atomic E-state index is -0.276. The third kappa shape index (κ3) is 4.95. The van der Waals surface area contributed by atoms with Crippen molar-refractivity contribution in [3.63, 3.8) is 0 Å². The SMILES string of the molecule is CCSC(N)=NC(C)C1C=C(NC(=O)c2cnc3ccccc3n2)C=CC1. The van der Waals surface area contributed by atoms with Crippen LogP contribution < -0.4 is 11.1 Å². The van der Waals surface area contributed by atoms with Gasteiger partial charge in [-0.25, -0.2) is 4.98 Å². The average Bonchev–Trinajstić information content (AvgIpc) is 2.68. The van der Waals surface area contributed by atoms with Crippen molar-refractivity contribution in [3.8, 4) is 0 Å². The monoisotopic (exact) mass is 381 g/mol. The Morgan fingerprint density at radius 1 is 1.41 bits per heavy atom. The molecule has 0 spiro atoms. The van der Waals surface area contributed by atoms with E-state index in [2.05, 4.69) is 20.3 Å². The lowest BCUT2D eigenvalue weighted by Gasteiger charge is -2.21. The minimum Gasteiger partial charge on any atom is -0.379 e. The Hall–Kier alpha value is -2.67. The molecule has 2 unspecified atom stereocenters. The summed E-state index contributed by atoms with van der Waals surface area (Å²) in [7, 11) is 0. The maximum atomic E-state index is 12.6. The summed E-state index contributed by atoms with van der Waals surface area (Å²) >= 11 is 1.54. The van der Waals surface area contributed by atoms with Crippen molar-refractivity contribution in [1.29, 1.82) is 0 Å². The number of hydrogen-bond donors (Lipinski definition) is 2. The number of rotatable bonds is 5. The zero-order valence-corrected chi connectivity index (χ0v) is 16.2. The summed E-state index contributed by atoms with van der Waals surface area (Å²) < 4.78 is 0. The van der Waals surface area contributed by atoms with Gasteiger partial charge in [-0.2, -0.15) is 0 Å². The number of para-hydroxylation sites is 2. The fourth-order valence-electron chi connectivity index (χ4n) is 2.87. The topological polar surface area (TPSA) is 93.3 Å². The number of thioether (sulfide) groups is 1. The summed E-state index contributed by atoms with van der Waals surface area (Å²) in [5.74, 6) is 0.808. The van der Waals surface area contributed by atoms with E-state index in [4.69, 9.17) is 5.73 Å². The molecule has 0 aliphatic heterocycles. The number of aromatic nitrogens is 2. The van der Waals surface area contributed by atoms with Crippen LogP contribution in [-0.2, 0) is 0 Å². The van der Waals surface area contributed by atoms with Crippen LogP contribution in [-0.4, -0.2) is 32.8 Å². The molecule has 1 heterocycles. The highest BCUT2D eigenvalue weighted by Gasteiger charge is 2.18. The highest BCUT2D eigenvalue weighted by Crippen LogP contribution is 2.22. The number of fused-ring (bicyclic) bond motifs is 1. The van der Waals surface area contributed by atoms with Gasteiger partial charge in [0.1, 0.15) is 5.69 Å². The van der Waals surface area contributed by atoms with Crippen LogP contribution in [0.4, 0.5) is 0 Å². The number of hydrogen-bond acceptors (Lipinski definition) is 5. The zero-order chi connectivity index (χ0) is 19.2. The van der Waals surface area contributed by atoms with Crippen LogP contribution in [0.2, 0.25) is 0 Å². The van der Waals surface area contributed by atoms with Gasteiger partial charge in [-0.05, 0) is 37.3 Å². The molecule has 0 fully saturated rings. The normalized spacial score (nSPS) is 18.2. The molecule has 140 valence electrons. The third-order valence-electron chi connectivity index (χ3n) is 4.28. The Kier molecular flexibility index (Phi) is 6.24. The lowest BCUT2D eigenvalue weighted by atomic mass is 9.93. The van der Waals surface area contributed by atoms with Crippen LogP contribution in [0.1, 0.15) is 30.8 Å². The number of allylic oxidation sites excluding steroid dienone is 2. The van der Waals surface area contributed by atoms with Crippen LogP contribution in [0.25, 0.3) is 11.0 Å². The van der Waals surface area contributed by atoms with Crippen molar-refractivity contribution in [2.75, 3.05) is 5.75 Å². The van der Waals surface area contributed by atoms with E-state index in [-0.39, 0.29) is 17.9 Å². The quantitative estimate of drug-likeness (QED) is 0.612. The molecule has 6 nitrogen and oxygen atoms in total. The van der Waals surface area contributed by atoms with Crippen molar-refractivity contribution >= 4 is 33.9 Å². The van der Waals surface area contributed by atoms with Crippen LogP contribution in [0.15, 0.2) is 59.4 Å². The summed E-state index contributed by atoms with van der Waals surface area (Å²) in [5, 5.41) is 3.51. The number of aliphatic imine (C=N–C) groups is 1. The molecule has 1 aromatic heterocycles. The highest BCUT2D eigenvalue weighted by molar-refractivity contribution is 8.13. The van der Waals surface area contributed by atoms with E-state index >= 15 is 0 Å². The number of carbonyl (C=O) groups is 1. The van der Waals surface area contributed by atoms with Gasteiger partial charge in [0.2, 0.25) is 0 Å². The number of amides is 1. The van der Waals surface area contributed by atoms with Gasteiger partial charge in [0, 0.05) is 11.6 Å².